The van der Waals surface area contributed by atoms with Crippen molar-refractivity contribution < 1.29 is 22.3 Å². The summed E-state index contributed by atoms with van der Waals surface area (Å²) in [6.45, 7) is 3.52. The molecule has 2 rings (SSSR count). The van der Waals surface area contributed by atoms with Crippen molar-refractivity contribution in [3.05, 3.63) is 52.3 Å². The minimum Gasteiger partial charge on any atom is -0.482 e. The lowest BCUT2D eigenvalue weighted by atomic mass is 10.3. The largest absolute Gasteiger partial charge is 0.482 e. The van der Waals surface area contributed by atoms with Crippen LogP contribution in [0.4, 0.5) is 10.1 Å². The average Bonchev–Trinajstić information content (AvgIpc) is 2.64. The van der Waals surface area contributed by atoms with Crippen molar-refractivity contribution in [3.8, 4) is 5.75 Å². The molecule has 0 aromatic heterocycles. The predicted octanol–water partition coefficient (Wildman–Crippen LogP) is 4.18. The van der Waals surface area contributed by atoms with Crippen molar-refractivity contribution in [3.63, 3.8) is 0 Å². The highest BCUT2D eigenvalue weighted by atomic mass is 35.5. The van der Waals surface area contributed by atoms with Gasteiger partial charge < -0.3 is 10.1 Å². The maximum atomic E-state index is 13.2. The first-order valence-electron chi connectivity index (χ1n) is 8.36. The highest BCUT2D eigenvalue weighted by molar-refractivity contribution is 7.89. The summed E-state index contributed by atoms with van der Waals surface area (Å²) < 4.78 is 45.5. The van der Waals surface area contributed by atoms with Gasteiger partial charge in [0.1, 0.15) is 16.5 Å². The number of carbonyl (C=O) groups is 1. The fourth-order valence-corrected chi connectivity index (χ4v) is 4.45. The van der Waals surface area contributed by atoms with E-state index in [4.69, 9.17) is 27.9 Å². The first-order chi connectivity index (χ1) is 13.2. The number of ether oxygens (including phenoxy) is 1. The van der Waals surface area contributed by atoms with Crippen molar-refractivity contribution in [2.45, 2.75) is 18.7 Å². The molecule has 0 heterocycles. The fraction of sp³-hybridized carbons (Fsp3) is 0.278. The summed E-state index contributed by atoms with van der Waals surface area (Å²) in [5.41, 5.74) is 0.284. The molecule has 2 aromatic carbocycles. The molecule has 0 unspecified atom stereocenters. The van der Waals surface area contributed by atoms with Crippen LogP contribution in [0.5, 0.6) is 5.75 Å². The van der Waals surface area contributed by atoms with E-state index in [-0.39, 0.29) is 39.5 Å². The number of rotatable bonds is 8. The van der Waals surface area contributed by atoms with Crippen LogP contribution in [-0.4, -0.2) is 38.3 Å². The Morgan fingerprint density at radius 1 is 1.14 bits per heavy atom. The second-order valence-corrected chi connectivity index (χ2v) is 8.40. The van der Waals surface area contributed by atoms with Crippen LogP contribution in [0.2, 0.25) is 10.0 Å². The molecule has 0 aliphatic carbocycles. The molecule has 0 aliphatic rings. The highest BCUT2D eigenvalue weighted by Crippen LogP contribution is 2.30. The molecule has 0 bridgehead atoms. The van der Waals surface area contributed by atoms with Gasteiger partial charge in [0, 0.05) is 23.8 Å². The molecule has 10 heteroatoms. The van der Waals surface area contributed by atoms with Crippen LogP contribution >= 0.6 is 23.2 Å². The molecule has 1 amide bonds. The molecule has 0 fully saturated rings. The van der Waals surface area contributed by atoms with Crippen molar-refractivity contribution in [1.29, 1.82) is 0 Å². The van der Waals surface area contributed by atoms with Gasteiger partial charge in [0.25, 0.3) is 5.91 Å². The van der Waals surface area contributed by atoms with E-state index < -0.39 is 28.4 Å². The van der Waals surface area contributed by atoms with E-state index in [1.54, 1.807) is 13.8 Å². The van der Waals surface area contributed by atoms with Gasteiger partial charge in [-0.3, -0.25) is 4.79 Å². The molecule has 2 aromatic rings. The van der Waals surface area contributed by atoms with E-state index in [9.17, 15) is 17.6 Å². The van der Waals surface area contributed by atoms with Crippen molar-refractivity contribution in [2.75, 3.05) is 25.0 Å². The van der Waals surface area contributed by atoms with E-state index in [2.05, 4.69) is 5.32 Å². The Labute approximate surface area is 173 Å². The minimum atomic E-state index is -3.84. The lowest BCUT2D eigenvalue weighted by Crippen LogP contribution is -2.31. The molecule has 0 saturated heterocycles. The monoisotopic (exact) mass is 448 g/mol. The van der Waals surface area contributed by atoms with Gasteiger partial charge in [-0.05, 0) is 36.4 Å². The zero-order valence-corrected chi connectivity index (χ0v) is 17.5. The molecule has 152 valence electrons. The number of carbonyl (C=O) groups excluding carboxylic acids is 1. The zero-order valence-electron chi connectivity index (χ0n) is 15.2. The molecule has 0 aliphatic heterocycles. The number of hydrogen-bond acceptors (Lipinski definition) is 4. The number of halogens is 3. The lowest BCUT2D eigenvalue weighted by molar-refractivity contribution is -0.118. The third-order valence-corrected chi connectivity index (χ3v) is 6.39. The van der Waals surface area contributed by atoms with E-state index in [1.165, 1.54) is 34.6 Å². The van der Waals surface area contributed by atoms with Crippen LogP contribution in [0.25, 0.3) is 0 Å². The molecule has 0 saturated carbocycles. The van der Waals surface area contributed by atoms with Gasteiger partial charge in [-0.15, -0.1) is 0 Å². The Kier molecular flexibility index (Phi) is 7.65. The standard InChI is InChI=1S/C18H19Cl2FN2O4S/c1-3-23(4-2)28(25,26)17-9-12(19)5-8-16(17)27-11-18(24)22-13-6-7-15(21)14(20)10-13/h5-10H,3-4,11H2,1-2H3,(H,22,24). The lowest BCUT2D eigenvalue weighted by Gasteiger charge is -2.20. The number of hydrogen-bond donors (Lipinski definition) is 1. The molecule has 0 spiro atoms. The van der Waals surface area contributed by atoms with Gasteiger partial charge in [0.05, 0.1) is 5.02 Å². The molecule has 28 heavy (non-hydrogen) atoms. The molecule has 6 nitrogen and oxygen atoms in total. The molecule has 1 N–H and O–H groups in total. The van der Waals surface area contributed by atoms with Crippen LogP contribution in [0.15, 0.2) is 41.3 Å². The summed E-state index contributed by atoms with van der Waals surface area (Å²) in [4.78, 5) is 12.0. The summed E-state index contributed by atoms with van der Waals surface area (Å²) in [7, 11) is -3.84. The van der Waals surface area contributed by atoms with Crippen molar-refractivity contribution in [2.24, 2.45) is 0 Å². The minimum absolute atomic E-state index is 0.00332. The summed E-state index contributed by atoms with van der Waals surface area (Å²) in [6.07, 6.45) is 0. The Morgan fingerprint density at radius 2 is 1.82 bits per heavy atom. The zero-order chi connectivity index (χ0) is 20.9. The average molecular weight is 449 g/mol. The van der Waals surface area contributed by atoms with Gasteiger partial charge >= 0.3 is 0 Å². The molecular weight excluding hydrogens is 430 g/mol. The Bertz CT molecular complexity index is 966. The van der Waals surface area contributed by atoms with Crippen molar-refractivity contribution >= 4 is 44.8 Å². The predicted molar refractivity (Wildman–Crippen MR) is 107 cm³/mol. The van der Waals surface area contributed by atoms with Gasteiger partial charge in [0.15, 0.2) is 6.61 Å². The fourth-order valence-electron chi connectivity index (χ4n) is 2.42. The maximum absolute atomic E-state index is 13.2. The van der Waals surface area contributed by atoms with Crippen LogP contribution < -0.4 is 10.1 Å². The summed E-state index contributed by atoms with van der Waals surface area (Å²) in [6, 6.07) is 7.86. The normalized spacial score (nSPS) is 11.5. The molecular formula is C18H19Cl2FN2O4S. The second-order valence-electron chi connectivity index (χ2n) is 5.65. The number of nitrogens with one attached hydrogen (secondary N) is 1. The highest BCUT2D eigenvalue weighted by Gasteiger charge is 2.26. The quantitative estimate of drug-likeness (QED) is 0.656. The van der Waals surface area contributed by atoms with Gasteiger partial charge in [-0.1, -0.05) is 37.0 Å². The van der Waals surface area contributed by atoms with Crippen LogP contribution in [0.1, 0.15) is 13.8 Å². The van der Waals surface area contributed by atoms with Crippen molar-refractivity contribution in [1.82, 2.24) is 4.31 Å². The van der Waals surface area contributed by atoms with E-state index in [0.717, 1.165) is 6.07 Å². The number of benzene rings is 2. The first-order valence-corrected chi connectivity index (χ1v) is 10.6. The molecule has 0 atom stereocenters. The SMILES string of the molecule is CCN(CC)S(=O)(=O)c1cc(Cl)ccc1OCC(=O)Nc1ccc(F)c(Cl)c1. The third-order valence-electron chi connectivity index (χ3n) is 3.79. The van der Waals surface area contributed by atoms with Gasteiger partial charge in [-0.25, -0.2) is 12.8 Å². The summed E-state index contributed by atoms with van der Waals surface area (Å²) in [5.74, 6) is -1.17. The third kappa shape index (κ3) is 5.35. The second kappa shape index (κ2) is 9.56. The maximum Gasteiger partial charge on any atom is 0.262 e. The summed E-state index contributed by atoms with van der Waals surface area (Å²) >= 11 is 11.6. The van der Waals surface area contributed by atoms with E-state index in [1.807, 2.05) is 0 Å². The van der Waals surface area contributed by atoms with E-state index >= 15 is 0 Å². The first kappa shape index (κ1) is 22.4. The Morgan fingerprint density at radius 3 is 2.43 bits per heavy atom. The van der Waals surface area contributed by atoms with Crippen LogP contribution in [0.3, 0.4) is 0 Å². The smallest absolute Gasteiger partial charge is 0.262 e. The Hall–Kier alpha value is -1.87. The van der Waals surface area contributed by atoms with Crippen LogP contribution in [0, 0.1) is 5.82 Å². The number of nitrogens with zero attached hydrogens (tertiary/aromatic N) is 1. The van der Waals surface area contributed by atoms with Gasteiger partial charge in [-0.2, -0.15) is 4.31 Å². The number of anilines is 1. The van der Waals surface area contributed by atoms with Gasteiger partial charge in [0.2, 0.25) is 10.0 Å². The number of sulfonamides is 1. The van der Waals surface area contributed by atoms with Crippen LogP contribution in [-0.2, 0) is 14.8 Å². The number of amides is 1. The van der Waals surface area contributed by atoms with E-state index in [0.29, 0.717) is 0 Å². The Balaban J connectivity index is 2.18. The molecule has 0 radical (unpaired) electrons. The summed E-state index contributed by atoms with van der Waals surface area (Å²) in [5, 5.41) is 2.58. The topological polar surface area (TPSA) is 75.7 Å².